The summed E-state index contributed by atoms with van der Waals surface area (Å²) in [6.45, 7) is 1.01. The second-order valence-corrected chi connectivity index (χ2v) is 9.04. The van der Waals surface area contributed by atoms with Crippen LogP contribution in [-0.2, 0) is 0 Å². The van der Waals surface area contributed by atoms with Gasteiger partial charge in [0, 0.05) is 30.5 Å². The fraction of sp³-hybridized carbons (Fsp3) is 0.208. The molecular weight excluding hydrogens is 509 g/mol. The largest absolute Gasteiger partial charge is 0.477 e. The number of nitrogens with one attached hydrogen (secondary N) is 1. The van der Waals surface area contributed by atoms with Crippen LogP contribution in [-0.4, -0.2) is 49.8 Å². The van der Waals surface area contributed by atoms with E-state index in [4.69, 9.17) is 27.9 Å². The molecule has 0 saturated carbocycles. The van der Waals surface area contributed by atoms with Gasteiger partial charge in [-0.1, -0.05) is 23.2 Å². The Morgan fingerprint density at radius 3 is 2.78 bits per heavy atom. The fourth-order valence-corrected chi connectivity index (χ4v) is 4.79. The number of halogens is 2. The van der Waals surface area contributed by atoms with E-state index in [0.29, 0.717) is 40.3 Å². The monoisotopic (exact) mass is 527 g/mol. The highest BCUT2D eigenvalue weighted by molar-refractivity contribution is 6.34. The maximum absolute atomic E-state index is 13.0. The molecule has 0 bridgehead atoms. The Morgan fingerprint density at radius 1 is 1.22 bits per heavy atom. The highest BCUT2D eigenvalue weighted by Crippen LogP contribution is 2.35. The highest BCUT2D eigenvalue weighted by atomic mass is 35.5. The first kappa shape index (κ1) is 23.8. The van der Waals surface area contributed by atoms with Crippen molar-refractivity contribution in [3.05, 3.63) is 85.2 Å². The topological polar surface area (TPSA) is 130 Å². The van der Waals surface area contributed by atoms with Gasteiger partial charge in [0.05, 0.1) is 28.5 Å². The SMILES string of the molecule is O=C(O)c1cn(-c2c[nH]c(=O)cn2)c2cc(N3CCC[C@@H]3COc3ncccc3Cl)c(Cl)cc2c1=O. The standard InChI is InChI=1S/C24H19Cl2N5O5/c25-16-4-1-5-27-23(16)36-12-13-3-2-6-30(13)19-8-18-14(7-17(19)26)22(33)15(24(34)35)11-31(18)20-9-29-21(32)10-28-20/h1,4-5,7-11,13H,2-3,6,12H2,(H,29,32)(H,34,35)/t13-/m1/s1. The number of carbonyl (C=O) groups is 1. The van der Waals surface area contributed by atoms with Crippen LogP contribution in [0.4, 0.5) is 5.69 Å². The molecule has 36 heavy (non-hydrogen) atoms. The molecule has 184 valence electrons. The van der Waals surface area contributed by atoms with Crippen LogP contribution < -0.4 is 20.6 Å². The van der Waals surface area contributed by atoms with Gasteiger partial charge in [0.15, 0.2) is 5.82 Å². The molecule has 2 N–H and O–H groups in total. The van der Waals surface area contributed by atoms with Crippen LogP contribution in [0.3, 0.4) is 0 Å². The van der Waals surface area contributed by atoms with Crippen molar-refractivity contribution in [1.82, 2.24) is 19.5 Å². The summed E-state index contributed by atoms with van der Waals surface area (Å²) in [6, 6.07) is 6.57. The second-order valence-electron chi connectivity index (χ2n) is 8.23. The lowest BCUT2D eigenvalue weighted by atomic mass is 10.1. The van der Waals surface area contributed by atoms with Crippen LogP contribution in [0.1, 0.15) is 23.2 Å². The third-order valence-corrected chi connectivity index (χ3v) is 6.62. The number of carboxylic acids is 1. The lowest BCUT2D eigenvalue weighted by Gasteiger charge is -2.28. The van der Waals surface area contributed by atoms with Gasteiger partial charge in [0.1, 0.15) is 17.2 Å². The smallest absolute Gasteiger partial charge is 0.341 e. The van der Waals surface area contributed by atoms with Crippen molar-refractivity contribution in [2.45, 2.75) is 18.9 Å². The van der Waals surface area contributed by atoms with E-state index >= 15 is 0 Å². The van der Waals surface area contributed by atoms with Gasteiger partial charge >= 0.3 is 5.97 Å². The van der Waals surface area contributed by atoms with Crippen LogP contribution in [0.5, 0.6) is 5.88 Å². The Kier molecular flexibility index (Phi) is 6.38. The number of aromatic carboxylic acids is 1. The van der Waals surface area contributed by atoms with Gasteiger partial charge in [0.2, 0.25) is 11.3 Å². The van der Waals surface area contributed by atoms with Crippen molar-refractivity contribution in [1.29, 1.82) is 0 Å². The maximum atomic E-state index is 13.0. The first-order valence-electron chi connectivity index (χ1n) is 11.0. The number of rotatable bonds is 6. The lowest BCUT2D eigenvalue weighted by Crippen LogP contribution is -2.34. The lowest BCUT2D eigenvalue weighted by molar-refractivity contribution is 0.0695. The van der Waals surface area contributed by atoms with E-state index in [1.165, 1.54) is 23.0 Å². The van der Waals surface area contributed by atoms with Gasteiger partial charge < -0.3 is 19.7 Å². The molecule has 5 rings (SSSR count). The Hall–Kier alpha value is -3.89. The quantitative estimate of drug-likeness (QED) is 0.389. The van der Waals surface area contributed by atoms with Gasteiger partial charge in [0.25, 0.3) is 5.56 Å². The number of aromatic amines is 1. The van der Waals surface area contributed by atoms with Crippen molar-refractivity contribution in [3.63, 3.8) is 0 Å². The third-order valence-electron chi connectivity index (χ3n) is 6.03. The Labute approximate surface area is 213 Å². The zero-order valence-electron chi connectivity index (χ0n) is 18.6. The number of carboxylic acid groups (broad SMARTS) is 1. The molecular formula is C24H19Cl2N5O5. The number of pyridine rings is 2. The number of benzene rings is 1. The number of anilines is 1. The summed E-state index contributed by atoms with van der Waals surface area (Å²) >= 11 is 12.8. The molecule has 10 nitrogen and oxygen atoms in total. The van der Waals surface area contributed by atoms with Crippen LogP contribution >= 0.6 is 23.2 Å². The molecule has 12 heteroatoms. The van der Waals surface area contributed by atoms with Crippen LogP contribution in [0, 0.1) is 0 Å². The highest BCUT2D eigenvalue weighted by Gasteiger charge is 2.28. The molecule has 4 heterocycles. The summed E-state index contributed by atoms with van der Waals surface area (Å²) in [5, 5.41) is 10.4. The predicted molar refractivity (Wildman–Crippen MR) is 135 cm³/mol. The second kappa shape index (κ2) is 9.63. The zero-order valence-corrected chi connectivity index (χ0v) is 20.2. The molecule has 4 aromatic rings. The predicted octanol–water partition coefficient (Wildman–Crippen LogP) is 3.52. The normalized spacial score (nSPS) is 15.4. The average Bonchev–Trinajstić information content (AvgIpc) is 3.32. The Bertz CT molecular complexity index is 1580. The number of fused-ring (bicyclic) bond motifs is 1. The number of aromatic nitrogens is 4. The minimum Gasteiger partial charge on any atom is -0.477 e. The Morgan fingerprint density at radius 2 is 2.06 bits per heavy atom. The van der Waals surface area contributed by atoms with Gasteiger partial charge in [-0.05, 0) is 37.1 Å². The van der Waals surface area contributed by atoms with E-state index in [1.807, 2.05) is 0 Å². The summed E-state index contributed by atoms with van der Waals surface area (Å²) in [5.74, 6) is -0.804. The van der Waals surface area contributed by atoms with Crippen molar-refractivity contribution < 1.29 is 14.6 Å². The van der Waals surface area contributed by atoms with E-state index < -0.39 is 22.5 Å². The molecule has 0 spiro atoms. The van der Waals surface area contributed by atoms with E-state index in [0.717, 1.165) is 19.0 Å². The van der Waals surface area contributed by atoms with E-state index in [9.17, 15) is 19.5 Å². The van der Waals surface area contributed by atoms with Crippen LogP contribution in [0.25, 0.3) is 16.7 Å². The number of nitrogens with zero attached hydrogens (tertiary/aromatic N) is 4. The van der Waals surface area contributed by atoms with Crippen molar-refractivity contribution >= 4 is 45.8 Å². The van der Waals surface area contributed by atoms with Crippen LogP contribution in [0.2, 0.25) is 10.0 Å². The third kappa shape index (κ3) is 4.40. The number of H-pyrrole nitrogens is 1. The van der Waals surface area contributed by atoms with E-state index in [-0.39, 0.29) is 17.2 Å². The summed E-state index contributed by atoms with van der Waals surface area (Å²) in [5.41, 5.74) is -0.484. The summed E-state index contributed by atoms with van der Waals surface area (Å²) in [7, 11) is 0. The molecule has 1 atom stereocenters. The first-order chi connectivity index (χ1) is 17.3. The molecule has 0 radical (unpaired) electrons. The average molecular weight is 528 g/mol. The van der Waals surface area contributed by atoms with Gasteiger partial charge in [-0.2, -0.15) is 0 Å². The van der Waals surface area contributed by atoms with E-state index in [2.05, 4.69) is 19.9 Å². The minimum absolute atomic E-state index is 0.0392. The summed E-state index contributed by atoms with van der Waals surface area (Å²) in [6.07, 6.45) is 6.94. The molecule has 1 fully saturated rings. The maximum Gasteiger partial charge on any atom is 0.341 e. The van der Waals surface area contributed by atoms with Crippen molar-refractivity contribution in [2.75, 3.05) is 18.1 Å². The van der Waals surface area contributed by atoms with Gasteiger partial charge in [-0.25, -0.2) is 14.8 Å². The number of hydrogen-bond donors (Lipinski definition) is 2. The molecule has 1 aliphatic rings. The van der Waals surface area contributed by atoms with Crippen LogP contribution in [0.15, 0.2) is 58.6 Å². The number of hydrogen-bond acceptors (Lipinski definition) is 7. The molecule has 0 amide bonds. The summed E-state index contributed by atoms with van der Waals surface area (Å²) in [4.78, 5) is 49.1. The summed E-state index contributed by atoms with van der Waals surface area (Å²) < 4.78 is 7.32. The minimum atomic E-state index is -1.38. The molecule has 1 saturated heterocycles. The molecule has 0 unspecified atom stereocenters. The molecule has 3 aromatic heterocycles. The van der Waals surface area contributed by atoms with Crippen molar-refractivity contribution in [2.24, 2.45) is 0 Å². The van der Waals surface area contributed by atoms with Crippen molar-refractivity contribution in [3.8, 4) is 11.7 Å². The van der Waals surface area contributed by atoms with E-state index in [1.54, 1.807) is 24.4 Å². The molecule has 0 aliphatic carbocycles. The fourth-order valence-electron chi connectivity index (χ4n) is 4.34. The Balaban J connectivity index is 1.60. The van der Waals surface area contributed by atoms with Gasteiger partial charge in [-0.15, -0.1) is 0 Å². The van der Waals surface area contributed by atoms with Gasteiger partial charge in [-0.3, -0.25) is 14.2 Å². The molecule has 1 aliphatic heterocycles. The zero-order chi connectivity index (χ0) is 25.4. The number of ether oxygens (including phenoxy) is 1. The first-order valence-corrected chi connectivity index (χ1v) is 11.8. The molecule has 1 aromatic carbocycles.